The number of rotatable bonds is 6. The average Bonchev–Trinajstić information content (AvgIpc) is 3.21. The number of nitrogens with one attached hydrogen (secondary N) is 1. The third-order valence-electron chi connectivity index (χ3n) is 4.33. The van der Waals surface area contributed by atoms with E-state index in [1.807, 2.05) is 31.2 Å². The van der Waals surface area contributed by atoms with Gasteiger partial charge in [-0.2, -0.15) is 23.4 Å². The summed E-state index contributed by atoms with van der Waals surface area (Å²) in [5, 5.41) is 10.4. The van der Waals surface area contributed by atoms with Crippen LogP contribution in [0.5, 0.6) is 0 Å². The first-order chi connectivity index (χ1) is 13.2. The van der Waals surface area contributed by atoms with Gasteiger partial charge in [-0.05, 0) is 31.0 Å². The number of hydrogen-bond donors (Lipinski definition) is 1. The maximum Gasteiger partial charge on any atom is 0.435 e. The molecular weight excluding hydrogens is 371 g/mol. The van der Waals surface area contributed by atoms with Crippen molar-refractivity contribution in [3.05, 3.63) is 65.2 Å². The van der Waals surface area contributed by atoms with E-state index in [9.17, 15) is 18.0 Å². The maximum atomic E-state index is 12.7. The van der Waals surface area contributed by atoms with Crippen LogP contribution in [0.25, 0.3) is 0 Å². The van der Waals surface area contributed by atoms with Crippen LogP contribution in [-0.2, 0) is 24.1 Å². The molecule has 0 atom stereocenters. The third kappa shape index (κ3) is 4.79. The standard InChI is InChI=1S/C19H20F3N5O/c1-13-5-3-4-6-15(13)11-26-12-16(10-23-26)24-18(28)7-8-27-14(2)9-17(25-27)19(20,21)22/h3-6,9-10,12H,7-8,11H2,1-2H3,(H,24,28). The Morgan fingerprint density at radius 3 is 2.64 bits per heavy atom. The Morgan fingerprint density at radius 2 is 1.96 bits per heavy atom. The molecule has 2 heterocycles. The molecule has 0 unspecified atom stereocenters. The number of alkyl halides is 3. The second kappa shape index (κ2) is 7.87. The van der Waals surface area contributed by atoms with E-state index in [-0.39, 0.29) is 18.9 Å². The van der Waals surface area contributed by atoms with Crippen LogP contribution in [0.2, 0.25) is 0 Å². The molecule has 0 spiro atoms. The first kappa shape index (κ1) is 19.7. The van der Waals surface area contributed by atoms with E-state index in [1.54, 1.807) is 10.9 Å². The largest absolute Gasteiger partial charge is 0.435 e. The Labute approximate surface area is 160 Å². The van der Waals surface area contributed by atoms with E-state index < -0.39 is 11.9 Å². The third-order valence-corrected chi connectivity index (χ3v) is 4.33. The summed E-state index contributed by atoms with van der Waals surface area (Å²) < 4.78 is 41.0. The molecule has 0 aliphatic heterocycles. The number of aryl methyl sites for hydroxylation is 3. The number of benzene rings is 1. The number of anilines is 1. The number of nitrogens with zero attached hydrogens (tertiary/aromatic N) is 4. The number of amides is 1. The van der Waals surface area contributed by atoms with Gasteiger partial charge in [-0.15, -0.1) is 0 Å². The molecule has 0 saturated heterocycles. The Hall–Kier alpha value is -3.10. The zero-order chi connectivity index (χ0) is 20.3. The fraction of sp³-hybridized carbons (Fsp3) is 0.316. The van der Waals surface area contributed by atoms with Crippen molar-refractivity contribution in [3.8, 4) is 0 Å². The molecule has 0 fully saturated rings. The second-order valence-corrected chi connectivity index (χ2v) is 6.54. The highest BCUT2D eigenvalue weighted by Crippen LogP contribution is 2.28. The highest BCUT2D eigenvalue weighted by molar-refractivity contribution is 5.90. The molecule has 3 rings (SSSR count). The fourth-order valence-corrected chi connectivity index (χ4v) is 2.78. The minimum Gasteiger partial charge on any atom is -0.323 e. The van der Waals surface area contributed by atoms with Crippen LogP contribution < -0.4 is 5.32 Å². The van der Waals surface area contributed by atoms with Crippen LogP contribution in [0.3, 0.4) is 0 Å². The summed E-state index contributed by atoms with van der Waals surface area (Å²) in [6.07, 6.45) is -1.24. The van der Waals surface area contributed by atoms with E-state index in [1.165, 1.54) is 17.8 Å². The van der Waals surface area contributed by atoms with E-state index in [4.69, 9.17) is 0 Å². The van der Waals surface area contributed by atoms with Crippen molar-refractivity contribution in [2.24, 2.45) is 0 Å². The summed E-state index contributed by atoms with van der Waals surface area (Å²) in [5.74, 6) is -0.320. The van der Waals surface area contributed by atoms with Crippen LogP contribution in [-0.4, -0.2) is 25.5 Å². The second-order valence-electron chi connectivity index (χ2n) is 6.54. The maximum absolute atomic E-state index is 12.7. The van der Waals surface area contributed by atoms with Gasteiger partial charge >= 0.3 is 6.18 Å². The number of aromatic nitrogens is 4. The summed E-state index contributed by atoms with van der Waals surface area (Å²) in [6, 6.07) is 8.91. The Morgan fingerprint density at radius 1 is 1.21 bits per heavy atom. The van der Waals surface area contributed by atoms with Crippen LogP contribution in [0.1, 0.15) is 28.9 Å². The summed E-state index contributed by atoms with van der Waals surface area (Å²) in [4.78, 5) is 12.1. The van der Waals surface area contributed by atoms with Gasteiger partial charge in [0.15, 0.2) is 5.69 Å². The lowest BCUT2D eigenvalue weighted by Gasteiger charge is -2.06. The zero-order valence-corrected chi connectivity index (χ0v) is 15.5. The molecule has 1 N–H and O–H groups in total. The summed E-state index contributed by atoms with van der Waals surface area (Å²) in [5.41, 5.74) is 2.20. The minimum atomic E-state index is -4.50. The number of halogens is 3. The van der Waals surface area contributed by atoms with Crippen molar-refractivity contribution in [3.63, 3.8) is 0 Å². The number of carbonyl (C=O) groups excluding carboxylic acids is 1. The van der Waals surface area contributed by atoms with Gasteiger partial charge < -0.3 is 5.32 Å². The molecule has 2 aromatic heterocycles. The topological polar surface area (TPSA) is 64.7 Å². The molecule has 1 aromatic carbocycles. The first-order valence-corrected chi connectivity index (χ1v) is 8.71. The van der Waals surface area contributed by atoms with Crippen molar-refractivity contribution in [2.75, 3.05) is 5.32 Å². The number of hydrogen-bond acceptors (Lipinski definition) is 3. The molecule has 9 heteroatoms. The van der Waals surface area contributed by atoms with Gasteiger partial charge in [-0.3, -0.25) is 14.2 Å². The highest BCUT2D eigenvalue weighted by atomic mass is 19.4. The lowest BCUT2D eigenvalue weighted by atomic mass is 10.1. The first-order valence-electron chi connectivity index (χ1n) is 8.71. The highest BCUT2D eigenvalue weighted by Gasteiger charge is 2.34. The van der Waals surface area contributed by atoms with E-state index in [0.717, 1.165) is 17.2 Å². The van der Waals surface area contributed by atoms with Gasteiger partial charge in [0.2, 0.25) is 5.91 Å². The Bertz CT molecular complexity index is 974. The van der Waals surface area contributed by atoms with Crippen LogP contribution in [0.15, 0.2) is 42.7 Å². The zero-order valence-electron chi connectivity index (χ0n) is 15.5. The summed E-state index contributed by atoms with van der Waals surface area (Å²) in [7, 11) is 0. The average molecular weight is 391 g/mol. The van der Waals surface area contributed by atoms with Gasteiger partial charge in [0, 0.05) is 24.9 Å². The predicted octanol–water partition coefficient (Wildman–Crippen LogP) is 3.79. The van der Waals surface area contributed by atoms with Crippen LogP contribution >= 0.6 is 0 Å². The molecular formula is C19H20F3N5O. The quantitative estimate of drug-likeness (QED) is 0.695. The van der Waals surface area contributed by atoms with Crippen molar-refractivity contribution in [1.82, 2.24) is 19.6 Å². The van der Waals surface area contributed by atoms with E-state index >= 15 is 0 Å². The summed E-state index contributed by atoms with van der Waals surface area (Å²) >= 11 is 0. The van der Waals surface area contributed by atoms with Crippen molar-refractivity contribution in [2.45, 2.75) is 39.5 Å². The minimum absolute atomic E-state index is 0.00277. The summed E-state index contributed by atoms with van der Waals surface area (Å²) in [6.45, 7) is 4.18. The Kier molecular flexibility index (Phi) is 5.53. The van der Waals surface area contributed by atoms with Crippen LogP contribution in [0, 0.1) is 13.8 Å². The lowest BCUT2D eigenvalue weighted by Crippen LogP contribution is -2.16. The van der Waals surface area contributed by atoms with Gasteiger partial charge in [-0.1, -0.05) is 24.3 Å². The monoisotopic (exact) mass is 391 g/mol. The SMILES string of the molecule is Cc1ccccc1Cn1cc(NC(=O)CCn2nc(C(F)(F)F)cc2C)cn1. The van der Waals surface area contributed by atoms with Crippen LogP contribution in [0.4, 0.5) is 18.9 Å². The normalized spacial score (nSPS) is 11.6. The van der Waals surface area contributed by atoms with E-state index in [0.29, 0.717) is 17.9 Å². The van der Waals surface area contributed by atoms with Gasteiger partial charge in [-0.25, -0.2) is 0 Å². The van der Waals surface area contributed by atoms with Crippen molar-refractivity contribution < 1.29 is 18.0 Å². The molecule has 28 heavy (non-hydrogen) atoms. The predicted molar refractivity (Wildman–Crippen MR) is 97.7 cm³/mol. The molecule has 148 valence electrons. The van der Waals surface area contributed by atoms with Gasteiger partial charge in [0.1, 0.15) is 0 Å². The molecule has 3 aromatic rings. The molecule has 1 amide bonds. The molecule has 0 aliphatic rings. The van der Waals surface area contributed by atoms with Crippen molar-refractivity contribution in [1.29, 1.82) is 0 Å². The van der Waals surface area contributed by atoms with Crippen molar-refractivity contribution >= 4 is 11.6 Å². The smallest absolute Gasteiger partial charge is 0.323 e. The molecule has 0 saturated carbocycles. The molecule has 0 radical (unpaired) electrons. The lowest BCUT2D eigenvalue weighted by molar-refractivity contribution is -0.141. The number of carbonyl (C=O) groups is 1. The van der Waals surface area contributed by atoms with E-state index in [2.05, 4.69) is 15.5 Å². The molecule has 6 nitrogen and oxygen atoms in total. The molecule has 0 aliphatic carbocycles. The molecule has 0 bridgehead atoms. The Balaban J connectivity index is 1.55. The van der Waals surface area contributed by atoms with Gasteiger partial charge in [0.05, 0.1) is 18.4 Å². The van der Waals surface area contributed by atoms with Gasteiger partial charge in [0.25, 0.3) is 0 Å². The fourth-order valence-electron chi connectivity index (χ4n) is 2.78.